The molecule has 0 atom stereocenters. The molecule has 0 unspecified atom stereocenters. The largest absolute Gasteiger partial charge is 0.497 e. The number of benzene rings is 1. The van der Waals surface area contributed by atoms with Gasteiger partial charge in [-0.1, -0.05) is 0 Å². The Balaban J connectivity index is 1.87. The zero-order valence-electron chi connectivity index (χ0n) is 14.9. The third-order valence-corrected chi connectivity index (χ3v) is 4.57. The molecule has 0 saturated carbocycles. The maximum Gasteiger partial charge on any atom is 0.150 e. The molecule has 6 heteroatoms. The molecule has 0 spiro atoms. The Morgan fingerprint density at radius 1 is 0.962 bits per heavy atom. The predicted molar refractivity (Wildman–Crippen MR) is 102 cm³/mol. The first-order valence-electron chi connectivity index (χ1n) is 8.33. The van der Waals surface area contributed by atoms with Gasteiger partial charge in [0.15, 0.2) is 5.65 Å². The smallest absolute Gasteiger partial charge is 0.150 e. The molecule has 0 fully saturated rings. The van der Waals surface area contributed by atoms with Crippen LogP contribution >= 0.6 is 0 Å². The predicted octanol–water partition coefficient (Wildman–Crippen LogP) is 4.18. The average Bonchev–Trinajstić information content (AvgIpc) is 2.94. The Labute approximate surface area is 151 Å². The van der Waals surface area contributed by atoms with E-state index in [1.165, 1.54) is 0 Å². The van der Waals surface area contributed by atoms with Gasteiger partial charge in [0.05, 0.1) is 12.5 Å². The van der Waals surface area contributed by atoms with Gasteiger partial charge >= 0.3 is 0 Å². The van der Waals surface area contributed by atoms with Crippen LogP contribution in [0.25, 0.3) is 16.7 Å². The summed E-state index contributed by atoms with van der Waals surface area (Å²) < 4.78 is 7.41. The summed E-state index contributed by atoms with van der Waals surface area (Å²) in [6, 6.07) is 11.8. The van der Waals surface area contributed by atoms with E-state index in [2.05, 4.69) is 38.7 Å². The van der Waals surface area contributed by atoms with Gasteiger partial charge in [0.1, 0.15) is 17.9 Å². The highest BCUT2D eigenvalue weighted by Gasteiger charge is 2.17. The molecule has 1 N–H and O–H groups in total. The second-order valence-electron chi connectivity index (χ2n) is 6.03. The van der Waals surface area contributed by atoms with Crippen LogP contribution in [0.5, 0.6) is 5.75 Å². The number of nitrogens with one attached hydrogen (secondary N) is 1. The molecule has 0 aliphatic heterocycles. The molecular weight excluding hydrogens is 326 g/mol. The maximum atomic E-state index is 5.26. The average molecular weight is 345 g/mol. The van der Waals surface area contributed by atoms with Crippen LogP contribution in [0.4, 0.5) is 11.5 Å². The van der Waals surface area contributed by atoms with Gasteiger partial charge in [-0.15, -0.1) is 0 Å². The van der Waals surface area contributed by atoms with Crippen molar-refractivity contribution in [3.8, 4) is 11.4 Å². The van der Waals surface area contributed by atoms with E-state index in [0.717, 1.165) is 45.2 Å². The first-order chi connectivity index (χ1) is 12.7. The number of aromatic nitrogens is 4. The normalized spacial score (nSPS) is 10.9. The molecule has 0 aliphatic carbocycles. The molecular formula is C20H19N5O. The fraction of sp³-hybridized carbons (Fsp3) is 0.150. The van der Waals surface area contributed by atoms with Gasteiger partial charge in [-0.2, -0.15) is 0 Å². The third-order valence-electron chi connectivity index (χ3n) is 4.57. The van der Waals surface area contributed by atoms with E-state index in [9.17, 15) is 0 Å². The summed E-state index contributed by atoms with van der Waals surface area (Å²) >= 11 is 0. The number of hydrogen-bond donors (Lipinski definition) is 1. The van der Waals surface area contributed by atoms with Gasteiger partial charge in [-0.3, -0.25) is 9.55 Å². The third kappa shape index (κ3) is 2.65. The second-order valence-corrected chi connectivity index (χ2v) is 6.03. The summed E-state index contributed by atoms with van der Waals surface area (Å²) in [5.74, 6) is 1.61. The minimum Gasteiger partial charge on any atom is -0.497 e. The number of aryl methyl sites for hydroxylation is 1. The van der Waals surface area contributed by atoms with Crippen LogP contribution < -0.4 is 10.1 Å². The summed E-state index contributed by atoms with van der Waals surface area (Å²) in [4.78, 5) is 13.1. The lowest BCUT2D eigenvalue weighted by Crippen LogP contribution is -1.99. The van der Waals surface area contributed by atoms with Crippen LogP contribution in [0.2, 0.25) is 0 Å². The lowest BCUT2D eigenvalue weighted by atomic mass is 10.2. The lowest BCUT2D eigenvalue weighted by Gasteiger charge is -2.09. The first-order valence-corrected chi connectivity index (χ1v) is 8.33. The van der Waals surface area contributed by atoms with E-state index in [4.69, 9.17) is 4.74 Å². The van der Waals surface area contributed by atoms with Crippen molar-refractivity contribution in [2.75, 3.05) is 12.4 Å². The van der Waals surface area contributed by atoms with Gasteiger partial charge < -0.3 is 10.1 Å². The molecule has 0 aliphatic rings. The van der Waals surface area contributed by atoms with Crippen LogP contribution in [0, 0.1) is 13.8 Å². The fourth-order valence-electron chi connectivity index (χ4n) is 3.11. The highest BCUT2D eigenvalue weighted by molar-refractivity contribution is 5.94. The van der Waals surface area contributed by atoms with E-state index in [1.54, 1.807) is 25.8 Å². The van der Waals surface area contributed by atoms with Crippen molar-refractivity contribution in [1.82, 2.24) is 19.5 Å². The molecule has 4 aromatic rings. The van der Waals surface area contributed by atoms with Gasteiger partial charge in [0.25, 0.3) is 0 Å². The molecule has 0 saturated heterocycles. The Kier molecular flexibility index (Phi) is 4.01. The SMILES string of the molecule is COc1ccc(-n2c(C)c(C)c3c(Nc4ccncc4)ncnc32)cc1. The maximum absolute atomic E-state index is 5.26. The zero-order valence-corrected chi connectivity index (χ0v) is 14.9. The molecule has 3 heterocycles. The van der Waals surface area contributed by atoms with E-state index in [1.807, 2.05) is 36.4 Å². The zero-order chi connectivity index (χ0) is 18.1. The number of nitrogens with zero attached hydrogens (tertiary/aromatic N) is 4. The first kappa shape index (κ1) is 16.1. The molecule has 0 amide bonds. The number of rotatable bonds is 4. The van der Waals surface area contributed by atoms with E-state index in [0.29, 0.717) is 0 Å². The molecule has 6 nitrogen and oxygen atoms in total. The number of ether oxygens (including phenoxy) is 1. The Hall–Kier alpha value is -3.41. The monoisotopic (exact) mass is 345 g/mol. The number of pyridine rings is 1. The topological polar surface area (TPSA) is 64.9 Å². The minimum absolute atomic E-state index is 0.786. The highest BCUT2D eigenvalue weighted by Crippen LogP contribution is 2.32. The molecule has 1 aromatic carbocycles. The number of anilines is 2. The Morgan fingerprint density at radius 3 is 2.38 bits per heavy atom. The van der Waals surface area contributed by atoms with Crippen molar-refractivity contribution in [2.24, 2.45) is 0 Å². The van der Waals surface area contributed by atoms with Crippen molar-refractivity contribution >= 4 is 22.5 Å². The van der Waals surface area contributed by atoms with E-state index >= 15 is 0 Å². The van der Waals surface area contributed by atoms with Gasteiger partial charge in [-0.25, -0.2) is 9.97 Å². The summed E-state index contributed by atoms with van der Waals surface area (Å²) in [6.45, 7) is 4.19. The van der Waals surface area contributed by atoms with Crippen molar-refractivity contribution in [3.63, 3.8) is 0 Å². The number of fused-ring (bicyclic) bond motifs is 1. The highest BCUT2D eigenvalue weighted by atomic mass is 16.5. The summed E-state index contributed by atoms with van der Waals surface area (Å²) in [6.07, 6.45) is 5.09. The summed E-state index contributed by atoms with van der Waals surface area (Å²) in [5.41, 5.74) is 5.12. The number of methoxy groups -OCH3 is 1. The lowest BCUT2D eigenvalue weighted by molar-refractivity contribution is 0.415. The standard InChI is InChI=1S/C20H19N5O/c1-13-14(2)25(16-4-6-17(26-3)7-5-16)20-18(13)19(22-12-23-20)24-15-8-10-21-11-9-15/h4-12H,1-3H3,(H,21,22,23,24). The molecule has 130 valence electrons. The van der Waals surface area contributed by atoms with Crippen LogP contribution in [-0.4, -0.2) is 26.6 Å². The van der Waals surface area contributed by atoms with Crippen molar-refractivity contribution in [2.45, 2.75) is 13.8 Å². The molecule has 0 radical (unpaired) electrons. The molecule has 4 rings (SSSR count). The molecule has 26 heavy (non-hydrogen) atoms. The van der Waals surface area contributed by atoms with Crippen LogP contribution in [-0.2, 0) is 0 Å². The Morgan fingerprint density at radius 2 is 1.69 bits per heavy atom. The number of hydrogen-bond acceptors (Lipinski definition) is 5. The van der Waals surface area contributed by atoms with Crippen molar-refractivity contribution in [1.29, 1.82) is 0 Å². The van der Waals surface area contributed by atoms with E-state index in [-0.39, 0.29) is 0 Å². The van der Waals surface area contributed by atoms with Gasteiger partial charge in [0.2, 0.25) is 0 Å². The molecule has 0 bridgehead atoms. The fourth-order valence-corrected chi connectivity index (χ4v) is 3.11. The second kappa shape index (κ2) is 6.48. The van der Waals surface area contributed by atoms with Crippen molar-refractivity contribution in [3.05, 3.63) is 66.4 Å². The van der Waals surface area contributed by atoms with Crippen molar-refractivity contribution < 1.29 is 4.74 Å². The minimum atomic E-state index is 0.786. The summed E-state index contributed by atoms with van der Waals surface area (Å²) in [7, 11) is 1.67. The van der Waals surface area contributed by atoms with E-state index < -0.39 is 0 Å². The quantitative estimate of drug-likeness (QED) is 0.601. The summed E-state index contributed by atoms with van der Waals surface area (Å²) in [5, 5.41) is 4.39. The molecule has 3 aromatic heterocycles. The van der Waals surface area contributed by atoms with Crippen LogP contribution in [0.15, 0.2) is 55.1 Å². The van der Waals surface area contributed by atoms with Crippen LogP contribution in [0.1, 0.15) is 11.3 Å². The van der Waals surface area contributed by atoms with Gasteiger partial charge in [-0.05, 0) is 55.8 Å². The van der Waals surface area contributed by atoms with Gasteiger partial charge in [0, 0.05) is 29.5 Å². The Bertz CT molecular complexity index is 1060. The van der Waals surface area contributed by atoms with Crippen LogP contribution in [0.3, 0.4) is 0 Å².